The lowest BCUT2D eigenvalue weighted by Crippen LogP contribution is -2.08. The van der Waals surface area contributed by atoms with E-state index in [2.05, 4.69) is 9.97 Å². The minimum absolute atomic E-state index is 0.184. The van der Waals surface area contributed by atoms with E-state index in [1.54, 1.807) is 0 Å². The van der Waals surface area contributed by atoms with Gasteiger partial charge in [0.25, 0.3) is 0 Å². The smallest absolute Gasteiger partial charge is 0.177 e. The minimum atomic E-state index is 0.184. The molecule has 0 N–H and O–H groups in total. The van der Waals surface area contributed by atoms with Gasteiger partial charge in [0.05, 0.1) is 11.4 Å². The van der Waals surface area contributed by atoms with Crippen molar-refractivity contribution in [2.75, 3.05) is 0 Å². The standard InChI is InChI=1S/C11H8N4/c12-4-8-9(5-13)15-11-7-2-1-6(3-7)10(11)14-8/h6-7H,1-3H2/t6-,7-/m0/s1. The monoisotopic (exact) mass is 196 g/mol. The normalized spacial score (nSPS) is 25.7. The topological polar surface area (TPSA) is 73.4 Å². The van der Waals surface area contributed by atoms with Crippen LogP contribution < -0.4 is 0 Å². The molecule has 2 bridgehead atoms. The molecule has 0 spiro atoms. The zero-order valence-electron chi connectivity index (χ0n) is 8.06. The number of fused-ring (bicyclic) bond motifs is 5. The fourth-order valence-electron chi connectivity index (χ4n) is 2.70. The summed E-state index contributed by atoms with van der Waals surface area (Å²) < 4.78 is 0. The lowest BCUT2D eigenvalue weighted by Gasteiger charge is -2.12. The zero-order valence-corrected chi connectivity index (χ0v) is 8.06. The quantitative estimate of drug-likeness (QED) is 0.631. The number of hydrogen-bond donors (Lipinski definition) is 0. The summed E-state index contributed by atoms with van der Waals surface area (Å²) in [4.78, 5) is 8.56. The highest BCUT2D eigenvalue weighted by molar-refractivity contribution is 5.41. The zero-order chi connectivity index (χ0) is 10.4. The highest BCUT2D eigenvalue weighted by atomic mass is 14.9. The summed E-state index contributed by atoms with van der Waals surface area (Å²) in [5.41, 5.74) is 2.32. The second-order valence-electron chi connectivity index (χ2n) is 4.12. The van der Waals surface area contributed by atoms with Crippen molar-refractivity contribution in [3.63, 3.8) is 0 Å². The van der Waals surface area contributed by atoms with Gasteiger partial charge < -0.3 is 0 Å². The molecule has 4 heteroatoms. The van der Waals surface area contributed by atoms with Crippen molar-refractivity contribution in [1.29, 1.82) is 10.5 Å². The predicted octanol–water partition coefficient (Wildman–Crippen LogP) is 1.58. The fourth-order valence-corrected chi connectivity index (χ4v) is 2.70. The highest BCUT2D eigenvalue weighted by Crippen LogP contribution is 2.51. The van der Waals surface area contributed by atoms with Crippen molar-refractivity contribution in [2.24, 2.45) is 0 Å². The van der Waals surface area contributed by atoms with E-state index in [0.29, 0.717) is 11.8 Å². The van der Waals surface area contributed by atoms with E-state index in [-0.39, 0.29) is 11.4 Å². The van der Waals surface area contributed by atoms with Gasteiger partial charge in [-0.25, -0.2) is 9.97 Å². The van der Waals surface area contributed by atoms with Crippen molar-refractivity contribution in [3.8, 4) is 12.1 Å². The van der Waals surface area contributed by atoms with Gasteiger partial charge in [0.2, 0.25) is 0 Å². The van der Waals surface area contributed by atoms with Gasteiger partial charge in [-0.1, -0.05) is 0 Å². The molecule has 3 rings (SSSR count). The van der Waals surface area contributed by atoms with Gasteiger partial charge in [-0.3, -0.25) is 0 Å². The van der Waals surface area contributed by atoms with Gasteiger partial charge in [0, 0.05) is 11.8 Å². The molecule has 0 amide bonds. The molecule has 0 radical (unpaired) electrons. The molecule has 2 aliphatic carbocycles. The van der Waals surface area contributed by atoms with E-state index in [1.807, 2.05) is 12.1 Å². The average molecular weight is 196 g/mol. The lowest BCUT2D eigenvalue weighted by molar-refractivity contribution is 0.676. The number of aromatic nitrogens is 2. The maximum Gasteiger partial charge on any atom is 0.177 e. The maximum atomic E-state index is 8.85. The first-order valence-corrected chi connectivity index (χ1v) is 5.05. The van der Waals surface area contributed by atoms with Crippen molar-refractivity contribution < 1.29 is 0 Å². The van der Waals surface area contributed by atoms with Crippen LogP contribution in [0.25, 0.3) is 0 Å². The Kier molecular flexibility index (Phi) is 1.55. The molecular formula is C11H8N4. The van der Waals surface area contributed by atoms with E-state index in [4.69, 9.17) is 10.5 Å². The molecule has 1 aromatic heterocycles. The first-order chi connectivity index (χ1) is 7.33. The van der Waals surface area contributed by atoms with Gasteiger partial charge in [0.15, 0.2) is 11.4 Å². The number of nitrogens with zero attached hydrogens (tertiary/aromatic N) is 4. The van der Waals surface area contributed by atoms with E-state index in [0.717, 1.165) is 30.7 Å². The Hall–Kier alpha value is -1.94. The van der Waals surface area contributed by atoms with Crippen LogP contribution in [0.4, 0.5) is 0 Å². The third-order valence-electron chi connectivity index (χ3n) is 3.37. The molecule has 1 aromatic rings. The van der Waals surface area contributed by atoms with Crippen LogP contribution in [0.15, 0.2) is 0 Å². The molecule has 0 saturated heterocycles. The maximum absolute atomic E-state index is 8.85. The van der Waals surface area contributed by atoms with Crippen LogP contribution in [0.3, 0.4) is 0 Å². The van der Waals surface area contributed by atoms with Crippen molar-refractivity contribution in [2.45, 2.75) is 31.1 Å². The van der Waals surface area contributed by atoms with E-state index in [1.165, 1.54) is 0 Å². The number of rotatable bonds is 0. The third-order valence-corrected chi connectivity index (χ3v) is 3.37. The summed E-state index contributed by atoms with van der Waals surface area (Å²) in [7, 11) is 0. The third kappa shape index (κ3) is 0.993. The van der Waals surface area contributed by atoms with Crippen LogP contribution in [0.2, 0.25) is 0 Å². The largest absolute Gasteiger partial charge is 0.237 e. The Morgan fingerprint density at radius 1 is 0.933 bits per heavy atom. The first-order valence-electron chi connectivity index (χ1n) is 5.05. The summed E-state index contributed by atoms with van der Waals surface area (Å²) in [5.74, 6) is 0.967. The molecule has 1 heterocycles. The highest BCUT2D eigenvalue weighted by Gasteiger charge is 2.40. The molecule has 2 aliphatic rings. The molecule has 4 nitrogen and oxygen atoms in total. The number of hydrogen-bond acceptors (Lipinski definition) is 4. The molecule has 1 saturated carbocycles. The van der Waals surface area contributed by atoms with Crippen LogP contribution in [0.1, 0.15) is 53.9 Å². The summed E-state index contributed by atoms with van der Waals surface area (Å²) >= 11 is 0. The predicted molar refractivity (Wildman–Crippen MR) is 50.8 cm³/mol. The van der Waals surface area contributed by atoms with Crippen LogP contribution in [0.5, 0.6) is 0 Å². The summed E-state index contributed by atoms with van der Waals surface area (Å²) in [6.45, 7) is 0. The second kappa shape index (κ2) is 2.77. The van der Waals surface area contributed by atoms with Crippen molar-refractivity contribution >= 4 is 0 Å². The molecule has 15 heavy (non-hydrogen) atoms. The summed E-state index contributed by atoms with van der Waals surface area (Å²) in [6.07, 6.45) is 3.42. The summed E-state index contributed by atoms with van der Waals surface area (Å²) in [6, 6.07) is 3.88. The molecule has 0 aliphatic heterocycles. The van der Waals surface area contributed by atoms with E-state index < -0.39 is 0 Å². The van der Waals surface area contributed by atoms with Crippen LogP contribution in [0, 0.1) is 22.7 Å². The van der Waals surface area contributed by atoms with E-state index >= 15 is 0 Å². The molecule has 2 atom stereocenters. The van der Waals surface area contributed by atoms with Crippen molar-refractivity contribution in [1.82, 2.24) is 9.97 Å². The Labute approximate surface area is 87.2 Å². The van der Waals surface area contributed by atoms with Gasteiger partial charge in [-0.15, -0.1) is 0 Å². The van der Waals surface area contributed by atoms with E-state index in [9.17, 15) is 0 Å². The number of nitriles is 2. The van der Waals surface area contributed by atoms with Gasteiger partial charge in [-0.05, 0) is 19.3 Å². The second-order valence-corrected chi connectivity index (χ2v) is 4.12. The lowest BCUT2D eigenvalue weighted by atomic mass is 10.00. The fraction of sp³-hybridized carbons (Fsp3) is 0.455. The molecular weight excluding hydrogens is 188 g/mol. The molecule has 0 aromatic carbocycles. The summed E-state index contributed by atoms with van der Waals surface area (Å²) in [5, 5.41) is 17.7. The van der Waals surface area contributed by atoms with Crippen LogP contribution in [-0.2, 0) is 0 Å². The minimum Gasteiger partial charge on any atom is -0.237 e. The van der Waals surface area contributed by atoms with Gasteiger partial charge in [-0.2, -0.15) is 10.5 Å². The van der Waals surface area contributed by atoms with Crippen molar-refractivity contribution in [3.05, 3.63) is 22.8 Å². The van der Waals surface area contributed by atoms with Crippen LogP contribution in [-0.4, -0.2) is 9.97 Å². The Morgan fingerprint density at radius 2 is 1.40 bits per heavy atom. The first kappa shape index (κ1) is 8.38. The SMILES string of the molecule is N#Cc1nc2c(nc1C#N)[C@H]1CC[C@H]2C1. The Bertz CT molecular complexity index is 474. The molecule has 1 fully saturated rings. The Balaban J connectivity index is 2.24. The molecule has 0 unspecified atom stereocenters. The van der Waals surface area contributed by atoms with Crippen LogP contribution >= 0.6 is 0 Å². The average Bonchev–Trinajstić information content (AvgIpc) is 2.88. The van der Waals surface area contributed by atoms with Gasteiger partial charge in [0.1, 0.15) is 12.1 Å². The molecule has 72 valence electrons. The van der Waals surface area contributed by atoms with Gasteiger partial charge >= 0.3 is 0 Å². The Morgan fingerprint density at radius 3 is 1.80 bits per heavy atom.